The van der Waals surface area contributed by atoms with Gasteiger partial charge in [0.05, 0.1) is 16.6 Å². The van der Waals surface area contributed by atoms with E-state index in [-0.39, 0.29) is 24.0 Å². The molecule has 1 saturated heterocycles. The van der Waals surface area contributed by atoms with Crippen LogP contribution in [0.3, 0.4) is 0 Å². The van der Waals surface area contributed by atoms with Crippen molar-refractivity contribution in [2.45, 2.75) is 20.3 Å². The molecule has 1 atom stereocenters. The Morgan fingerprint density at radius 2 is 1.85 bits per heavy atom. The lowest BCUT2D eigenvalue weighted by molar-refractivity contribution is -0.122. The predicted molar refractivity (Wildman–Crippen MR) is 102 cm³/mol. The number of amides is 2. The van der Waals surface area contributed by atoms with Gasteiger partial charge in [-0.05, 0) is 44.2 Å². The van der Waals surface area contributed by atoms with Gasteiger partial charge in [-0.3, -0.25) is 14.4 Å². The fourth-order valence-electron chi connectivity index (χ4n) is 2.93. The number of hydrogen-bond donors (Lipinski definition) is 1. The highest BCUT2D eigenvalue weighted by molar-refractivity contribution is 6.34. The Labute approximate surface area is 156 Å². The topological polar surface area (TPSA) is 66.5 Å². The number of Topliss-reactive ketones (excluding diaryl/α,β-unsaturated/α-hetero) is 1. The molecule has 1 aliphatic heterocycles. The van der Waals surface area contributed by atoms with E-state index in [1.54, 1.807) is 23.1 Å². The van der Waals surface area contributed by atoms with E-state index >= 15 is 0 Å². The summed E-state index contributed by atoms with van der Waals surface area (Å²) < 4.78 is 0. The van der Waals surface area contributed by atoms with Crippen molar-refractivity contribution in [1.82, 2.24) is 0 Å². The number of nitrogens with one attached hydrogen (secondary N) is 1. The monoisotopic (exact) mass is 370 g/mol. The van der Waals surface area contributed by atoms with Crippen LogP contribution < -0.4 is 10.2 Å². The molecule has 1 fully saturated rings. The van der Waals surface area contributed by atoms with E-state index in [0.717, 1.165) is 11.3 Å². The second-order valence-electron chi connectivity index (χ2n) is 6.48. The minimum absolute atomic E-state index is 0.0856. The minimum atomic E-state index is -0.471. The van der Waals surface area contributed by atoms with Crippen molar-refractivity contribution in [3.63, 3.8) is 0 Å². The Hall–Kier alpha value is -2.66. The molecule has 0 spiro atoms. The average Bonchev–Trinajstić information content (AvgIpc) is 2.99. The molecule has 2 aromatic carbocycles. The number of rotatable bonds is 4. The molecule has 26 heavy (non-hydrogen) atoms. The summed E-state index contributed by atoms with van der Waals surface area (Å²) in [5.41, 5.74) is 2.74. The number of ketones is 1. The van der Waals surface area contributed by atoms with Crippen LogP contribution in [0.5, 0.6) is 0 Å². The number of nitrogens with zero attached hydrogens (tertiary/aromatic N) is 1. The summed E-state index contributed by atoms with van der Waals surface area (Å²) in [4.78, 5) is 38.0. The maximum atomic E-state index is 12.6. The number of benzene rings is 2. The van der Waals surface area contributed by atoms with Crippen molar-refractivity contribution in [2.24, 2.45) is 5.92 Å². The van der Waals surface area contributed by atoms with Gasteiger partial charge in [0.25, 0.3) is 0 Å². The highest BCUT2D eigenvalue weighted by Gasteiger charge is 2.35. The van der Waals surface area contributed by atoms with Crippen LogP contribution in [0.2, 0.25) is 5.02 Å². The van der Waals surface area contributed by atoms with Crippen molar-refractivity contribution >= 4 is 40.6 Å². The van der Waals surface area contributed by atoms with Crippen molar-refractivity contribution in [3.8, 4) is 0 Å². The Balaban J connectivity index is 1.73. The van der Waals surface area contributed by atoms with E-state index < -0.39 is 5.92 Å². The van der Waals surface area contributed by atoms with Crippen molar-refractivity contribution in [2.75, 3.05) is 16.8 Å². The number of carbonyl (C=O) groups excluding carboxylic acids is 3. The number of carbonyl (C=O) groups is 3. The highest BCUT2D eigenvalue weighted by atomic mass is 35.5. The number of aryl methyl sites for hydroxylation is 1. The number of halogens is 1. The molecule has 1 N–H and O–H groups in total. The van der Waals surface area contributed by atoms with E-state index in [9.17, 15) is 14.4 Å². The summed E-state index contributed by atoms with van der Waals surface area (Å²) in [5, 5.41) is 3.10. The van der Waals surface area contributed by atoms with Crippen LogP contribution in [0.15, 0.2) is 42.5 Å². The fourth-order valence-corrected chi connectivity index (χ4v) is 3.10. The van der Waals surface area contributed by atoms with E-state index in [0.29, 0.717) is 22.8 Å². The molecule has 1 aliphatic rings. The van der Waals surface area contributed by atoms with E-state index in [1.807, 2.05) is 31.2 Å². The van der Waals surface area contributed by atoms with Gasteiger partial charge < -0.3 is 10.2 Å². The summed E-state index contributed by atoms with van der Waals surface area (Å²) in [5.74, 6) is -0.951. The predicted octanol–water partition coefficient (Wildman–Crippen LogP) is 3.84. The largest absolute Gasteiger partial charge is 0.324 e. The third-order valence-corrected chi connectivity index (χ3v) is 4.80. The average molecular weight is 371 g/mol. The molecule has 1 unspecified atom stereocenters. The molecule has 0 radical (unpaired) electrons. The number of anilines is 2. The first-order valence-electron chi connectivity index (χ1n) is 8.33. The summed E-state index contributed by atoms with van der Waals surface area (Å²) in [6, 6.07) is 12.4. The molecule has 3 rings (SSSR count). The second-order valence-corrected chi connectivity index (χ2v) is 6.89. The van der Waals surface area contributed by atoms with E-state index in [2.05, 4.69) is 5.32 Å². The van der Waals surface area contributed by atoms with Crippen LogP contribution in [-0.2, 0) is 9.59 Å². The third kappa shape index (κ3) is 3.78. The fraction of sp³-hybridized carbons (Fsp3) is 0.250. The van der Waals surface area contributed by atoms with Crippen LogP contribution in [-0.4, -0.2) is 24.1 Å². The first kappa shape index (κ1) is 18.1. The summed E-state index contributed by atoms with van der Waals surface area (Å²) in [6.45, 7) is 3.74. The lowest BCUT2D eigenvalue weighted by atomic mass is 10.1. The van der Waals surface area contributed by atoms with Crippen LogP contribution in [0.1, 0.15) is 29.3 Å². The first-order chi connectivity index (χ1) is 12.3. The molecule has 0 aromatic heterocycles. The second kappa shape index (κ2) is 7.30. The van der Waals surface area contributed by atoms with Gasteiger partial charge in [0.2, 0.25) is 11.8 Å². The molecule has 0 saturated carbocycles. The van der Waals surface area contributed by atoms with Gasteiger partial charge in [0.1, 0.15) is 0 Å². The van der Waals surface area contributed by atoms with Crippen LogP contribution in [0.4, 0.5) is 11.4 Å². The van der Waals surface area contributed by atoms with Crippen molar-refractivity contribution < 1.29 is 14.4 Å². The minimum Gasteiger partial charge on any atom is -0.324 e. The molecular formula is C20H19ClN2O3. The standard InChI is InChI=1S/C20H19ClN2O3/c1-12-3-6-16(7-4-12)23-11-15(10-19(23)25)20(26)22-18-9-14(13(2)24)5-8-17(18)21/h3-9,15H,10-11H2,1-2H3,(H,22,26). The Morgan fingerprint density at radius 3 is 2.50 bits per heavy atom. The Kier molecular flexibility index (Phi) is 5.09. The Morgan fingerprint density at radius 1 is 1.15 bits per heavy atom. The van der Waals surface area contributed by atoms with Crippen LogP contribution in [0, 0.1) is 12.8 Å². The van der Waals surface area contributed by atoms with Gasteiger partial charge in [-0.2, -0.15) is 0 Å². The quantitative estimate of drug-likeness (QED) is 0.831. The van der Waals surface area contributed by atoms with Gasteiger partial charge in [0, 0.05) is 24.2 Å². The molecule has 0 bridgehead atoms. The molecule has 1 heterocycles. The third-order valence-electron chi connectivity index (χ3n) is 4.47. The zero-order chi connectivity index (χ0) is 18.8. The summed E-state index contributed by atoms with van der Waals surface area (Å²) in [6.07, 6.45) is 0.143. The molecule has 2 aromatic rings. The van der Waals surface area contributed by atoms with E-state index in [1.165, 1.54) is 6.92 Å². The zero-order valence-corrected chi connectivity index (χ0v) is 15.3. The SMILES string of the molecule is CC(=O)c1ccc(Cl)c(NC(=O)C2CC(=O)N(c3ccc(C)cc3)C2)c1. The van der Waals surface area contributed by atoms with Crippen LogP contribution in [0.25, 0.3) is 0 Å². The molecule has 2 amide bonds. The van der Waals surface area contributed by atoms with Crippen molar-refractivity contribution in [1.29, 1.82) is 0 Å². The lowest BCUT2D eigenvalue weighted by Crippen LogP contribution is -2.28. The molecule has 134 valence electrons. The smallest absolute Gasteiger partial charge is 0.229 e. The summed E-state index contributed by atoms with van der Waals surface area (Å²) in [7, 11) is 0. The Bertz CT molecular complexity index is 877. The number of hydrogen-bond acceptors (Lipinski definition) is 3. The summed E-state index contributed by atoms with van der Waals surface area (Å²) >= 11 is 6.12. The molecule has 0 aliphatic carbocycles. The molecule has 5 nitrogen and oxygen atoms in total. The van der Waals surface area contributed by atoms with E-state index in [4.69, 9.17) is 11.6 Å². The zero-order valence-electron chi connectivity index (χ0n) is 14.6. The van der Waals surface area contributed by atoms with Crippen molar-refractivity contribution in [3.05, 3.63) is 58.6 Å². The highest BCUT2D eigenvalue weighted by Crippen LogP contribution is 2.28. The maximum Gasteiger partial charge on any atom is 0.229 e. The molecule has 6 heteroatoms. The van der Waals surface area contributed by atoms with Gasteiger partial charge in [-0.15, -0.1) is 0 Å². The van der Waals surface area contributed by atoms with Gasteiger partial charge in [-0.1, -0.05) is 29.3 Å². The molecular weight excluding hydrogens is 352 g/mol. The normalized spacial score (nSPS) is 16.7. The maximum absolute atomic E-state index is 12.6. The van der Waals surface area contributed by atoms with Gasteiger partial charge in [-0.25, -0.2) is 0 Å². The lowest BCUT2D eigenvalue weighted by Gasteiger charge is -2.17. The first-order valence-corrected chi connectivity index (χ1v) is 8.71. The van der Waals surface area contributed by atoms with Gasteiger partial charge in [0.15, 0.2) is 5.78 Å². The van der Waals surface area contributed by atoms with Crippen LogP contribution >= 0.6 is 11.6 Å². The van der Waals surface area contributed by atoms with Gasteiger partial charge >= 0.3 is 0 Å².